The second kappa shape index (κ2) is 4.22. The quantitative estimate of drug-likeness (QED) is 0.827. The summed E-state index contributed by atoms with van der Waals surface area (Å²) in [5.74, 6) is -0.0542. The molecule has 1 heterocycles. The monoisotopic (exact) mass is 224 g/mol. The lowest BCUT2D eigenvalue weighted by Gasteiger charge is -2.28. The van der Waals surface area contributed by atoms with Crippen molar-refractivity contribution in [3.8, 4) is 5.75 Å². The highest BCUT2D eigenvalue weighted by Crippen LogP contribution is 2.29. The number of hydrogen-bond donors (Lipinski definition) is 1. The van der Waals surface area contributed by atoms with Crippen molar-refractivity contribution in [2.45, 2.75) is 32.0 Å². The molecule has 1 N–H and O–H groups in total. The molecule has 3 nitrogen and oxygen atoms in total. The fourth-order valence-corrected chi connectivity index (χ4v) is 1.86. The van der Waals surface area contributed by atoms with E-state index in [4.69, 9.17) is 4.74 Å². The summed E-state index contributed by atoms with van der Waals surface area (Å²) in [4.78, 5) is 11.0. The van der Waals surface area contributed by atoms with Gasteiger partial charge in [0.15, 0.2) is 5.78 Å². The Morgan fingerprint density at radius 2 is 2.38 bits per heavy atom. The molecule has 1 aliphatic rings. The number of fused-ring (bicyclic) bond motifs is 1. The van der Waals surface area contributed by atoms with Crippen molar-refractivity contribution >= 4 is 5.78 Å². The molecule has 0 aromatic heterocycles. The molecule has 2 unspecified atom stereocenters. The summed E-state index contributed by atoms with van der Waals surface area (Å²) in [6, 6.07) is 4.26. The highest BCUT2D eigenvalue weighted by molar-refractivity contribution is 5.80. The Kier molecular flexibility index (Phi) is 2.92. The predicted molar refractivity (Wildman–Crippen MR) is 55.8 cm³/mol. The largest absolute Gasteiger partial charge is 0.487 e. The molecule has 0 radical (unpaired) electrons. The molecule has 1 aromatic carbocycles. The lowest BCUT2D eigenvalue weighted by Crippen LogP contribution is -2.39. The average molecular weight is 224 g/mol. The van der Waals surface area contributed by atoms with Gasteiger partial charge in [-0.1, -0.05) is 0 Å². The average Bonchev–Trinajstić information content (AvgIpc) is 2.27. The zero-order valence-corrected chi connectivity index (χ0v) is 8.94. The third-order valence-electron chi connectivity index (χ3n) is 2.77. The summed E-state index contributed by atoms with van der Waals surface area (Å²) in [5, 5.41) is 9.58. The fraction of sp³-hybridized carbons (Fsp3) is 0.417. The van der Waals surface area contributed by atoms with Crippen LogP contribution in [-0.2, 0) is 11.2 Å². The third kappa shape index (κ3) is 2.07. The molecule has 0 saturated carbocycles. The number of hydrogen-bond acceptors (Lipinski definition) is 3. The zero-order chi connectivity index (χ0) is 11.7. The van der Waals surface area contributed by atoms with Crippen LogP contribution in [0.4, 0.5) is 4.39 Å². The smallest absolute Gasteiger partial charge is 0.162 e. The summed E-state index contributed by atoms with van der Waals surface area (Å²) in [7, 11) is 0. The second-order valence-electron chi connectivity index (χ2n) is 4.00. The van der Waals surface area contributed by atoms with Gasteiger partial charge in [0.05, 0.1) is 0 Å². The fourth-order valence-electron chi connectivity index (χ4n) is 1.86. The van der Waals surface area contributed by atoms with E-state index in [2.05, 4.69) is 0 Å². The lowest BCUT2D eigenvalue weighted by molar-refractivity contribution is -0.130. The number of aryl methyl sites for hydroxylation is 1. The molecular formula is C12H13FO3. The summed E-state index contributed by atoms with van der Waals surface area (Å²) in [5.41, 5.74) is 0.784. The van der Waals surface area contributed by atoms with Crippen LogP contribution in [0.2, 0.25) is 0 Å². The molecule has 0 bridgehead atoms. The van der Waals surface area contributed by atoms with E-state index in [-0.39, 0.29) is 11.6 Å². The van der Waals surface area contributed by atoms with Crippen LogP contribution < -0.4 is 4.74 Å². The minimum absolute atomic E-state index is 0.298. The minimum Gasteiger partial charge on any atom is -0.487 e. The molecule has 4 heteroatoms. The Labute approximate surface area is 92.9 Å². The number of rotatable bonds is 2. The van der Waals surface area contributed by atoms with E-state index in [0.29, 0.717) is 18.6 Å². The second-order valence-corrected chi connectivity index (χ2v) is 4.00. The Bertz CT molecular complexity index is 417. The van der Waals surface area contributed by atoms with Crippen LogP contribution in [0.1, 0.15) is 18.9 Å². The molecule has 1 aliphatic heterocycles. The van der Waals surface area contributed by atoms with Crippen LogP contribution in [-0.4, -0.2) is 23.1 Å². The maximum atomic E-state index is 12.9. The van der Waals surface area contributed by atoms with Gasteiger partial charge in [-0.25, -0.2) is 4.39 Å². The van der Waals surface area contributed by atoms with Gasteiger partial charge in [0.25, 0.3) is 0 Å². The zero-order valence-electron chi connectivity index (χ0n) is 8.94. The molecule has 2 rings (SSSR count). The number of aliphatic hydroxyl groups excluding tert-OH is 1. The number of Topliss-reactive ketones (excluding diaryl/α,β-unsaturated/α-hetero) is 1. The van der Waals surface area contributed by atoms with Gasteiger partial charge in [0.2, 0.25) is 0 Å². The van der Waals surface area contributed by atoms with Crippen molar-refractivity contribution in [3.63, 3.8) is 0 Å². The van der Waals surface area contributed by atoms with E-state index in [9.17, 15) is 14.3 Å². The first-order valence-corrected chi connectivity index (χ1v) is 5.21. The lowest BCUT2D eigenvalue weighted by atomic mass is 9.97. The molecule has 0 amide bonds. The molecule has 0 spiro atoms. The molecule has 0 saturated heterocycles. The van der Waals surface area contributed by atoms with Crippen molar-refractivity contribution in [3.05, 3.63) is 29.6 Å². The number of aliphatic hydroxyl groups is 1. The van der Waals surface area contributed by atoms with Crippen molar-refractivity contribution in [2.24, 2.45) is 0 Å². The normalized spacial score (nSPS) is 20.8. The van der Waals surface area contributed by atoms with Gasteiger partial charge in [0.1, 0.15) is 23.8 Å². The Hall–Kier alpha value is -1.42. The van der Waals surface area contributed by atoms with Crippen LogP contribution >= 0.6 is 0 Å². The summed E-state index contributed by atoms with van der Waals surface area (Å²) >= 11 is 0. The number of ether oxygens (including phenoxy) is 1. The van der Waals surface area contributed by atoms with Crippen molar-refractivity contribution in [2.75, 3.05) is 0 Å². The van der Waals surface area contributed by atoms with Crippen LogP contribution in [0.5, 0.6) is 5.75 Å². The van der Waals surface area contributed by atoms with Gasteiger partial charge in [-0.3, -0.25) is 4.79 Å². The van der Waals surface area contributed by atoms with Crippen LogP contribution in [0.25, 0.3) is 0 Å². The molecular weight excluding hydrogens is 211 g/mol. The van der Waals surface area contributed by atoms with E-state index in [1.807, 2.05) is 0 Å². The SMILES string of the molecule is CC(=O)C(O)C1CCc2cc(F)ccc2O1. The van der Waals surface area contributed by atoms with Crippen LogP contribution in [0.15, 0.2) is 18.2 Å². The minimum atomic E-state index is -1.10. The topological polar surface area (TPSA) is 46.5 Å². The number of carbonyl (C=O) groups excluding carboxylic acids is 1. The summed E-state index contributed by atoms with van der Waals surface area (Å²) in [6.45, 7) is 1.33. The van der Waals surface area contributed by atoms with E-state index in [0.717, 1.165) is 5.56 Å². The third-order valence-corrected chi connectivity index (χ3v) is 2.77. The first-order chi connectivity index (χ1) is 7.58. The van der Waals surface area contributed by atoms with Gasteiger partial charge in [-0.2, -0.15) is 0 Å². The number of benzene rings is 1. The highest BCUT2D eigenvalue weighted by atomic mass is 19.1. The van der Waals surface area contributed by atoms with Crippen molar-refractivity contribution < 1.29 is 19.0 Å². The van der Waals surface area contributed by atoms with E-state index >= 15 is 0 Å². The van der Waals surface area contributed by atoms with E-state index in [1.165, 1.54) is 25.1 Å². The van der Waals surface area contributed by atoms with Crippen LogP contribution in [0.3, 0.4) is 0 Å². The highest BCUT2D eigenvalue weighted by Gasteiger charge is 2.29. The molecule has 2 atom stereocenters. The summed E-state index contributed by atoms with van der Waals surface area (Å²) < 4.78 is 18.4. The molecule has 0 aliphatic carbocycles. The van der Waals surface area contributed by atoms with Gasteiger partial charge < -0.3 is 9.84 Å². The van der Waals surface area contributed by atoms with Crippen molar-refractivity contribution in [1.82, 2.24) is 0 Å². The standard InChI is InChI=1S/C12H13FO3/c1-7(14)12(15)11-4-2-8-6-9(13)3-5-10(8)16-11/h3,5-6,11-12,15H,2,4H2,1H3. The number of ketones is 1. The first-order valence-electron chi connectivity index (χ1n) is 5.21. The maximum Gasteiger partial charge on any atom is 0.162 e. The van der Waals surface area contributed by atoms with Crippen molar-refractivity contribution in [1.29, 1.82) is 0 Å². The summed E-state index contributed by atoms with van der Waals surface area (Å²) in [6.07, 6.45) is -0.479. The van der Waals surface area contributed by atoms with Crippen LogP contribution in [0, 0.1) is 5.82 Å². The van der Waals surface area contributed by atoms with Gasteiger partial charge >= 0.3 is 0 Å². The Morgan fingerprint density at radius 3 is 3.06 bits per heavy atom. The van der Waals surface area contributed by atoms with E-state index in [1.54, 1.807) is 0 Å². The number of halogens is 1. The van der Waals surface area contributed by atoms with Gasteiger partial charge in [-0.15, -0.1) is 0 Å². The van der Waals surface area contributed by atoms with Gasteiger partial charge in [0, 0.05) is 0 Å². The molecule has 16 heavy (non-hydrogen) atoms. The van der Waals surface area contributed by atoms with Gasteiger partial charge in [-0.05, 0) is 43.5 Å². The molecule has 1 aromatic rings. The molecule has 86 valence electrons. The maximum absolute atomic E-state index is 12.9. The Morgan fingerprint density at radius 1 is 1.62 bits per heavy atom. The Balaban J connectivity index is 2.18. The molecule has 0 fully saturated rings. The number of carbonyl (C=O) groups is 1. The van der Waals surface area contributed by atoms with E-state index < -0.39 is 12.2 Å². The predicted octanol–water partition coefficient (Wildman–Crippen LogP) is 1.47. The first kappa shape index (κ1) is 11.1.